The van der Waals surface area contributed by atoms with Crippen molar-refractivity contribution in [1.29, 1.82) is 0 Å². The van der Waals surface area contributed by atoms with Gasteiger partial charge in [0.25, 0.3) is 0 Å². The molecule has 0 bridgehead atoms. The van der Waals surface area contributed by atoms with E-state index < -0.39 is 0 Å². The second kappa shape index (κ2) is 4.44. The van der Waals surface area contributed by atoms with E-state index in [1.807, 2.05) is 6.92 Å². The van der Waals surface area contributed by atoms with E-state index >= 15 is 0 Å². The van der Waals surface area contributed by atoms with Crippen LogP contribution in [0.4, 0.5) is 3.89 Å². The highest BCUT2D eigenvalue weighted by molar-refractivity contribution is 7.94. The summed E-state index contributed by atoms with van der Waals surface area (Å²) in [4.78, 5) is 0. The highest BCUT2D eigenvalue weighted by atomic mass is 32.2. The van der Waals surface area contributed by atoms with E-state index in [9.17, 15) is 3.89 Å². The molecule has 0 aromatic rings. The Bertz CT molecular complexity index is 39.1. The molecule has 0 aromatic heterocycles. The fraction of sp³-hybridized carbons (Fsp3) is 1.00. The van der Waals surface area contributed by atoms with Crippen LogP contribution in [-0.2, 0) is 0 Å². The zero-order valence-corrected chi connectivity index (χ0v) is 5.59. The Morgan fingerprint density at radius 2 is 2.29 bits per heavy atom. The maximum atomic E-state index is 11.5. The minimum absolute atomic E-state index is 0.199. The maximum absolute atomic E-state index is 11.5. The first kappa shape index (κ1) is 7.28. The lowest BCUT2D eigenvalue weighted by molar-refractivity contribution is 0.765. The van der Waals surface area contributed by atoms with Crippen LogP contribution in [0.5, 0.6) is 0 Å². The molecule has 0 aliphatic heterocycles. The lowest BCUT2D eigenvalue weighted by atomic mass is 10.3. The van der Waals surface area contributed by atoms with Crippen LogP contribution in [0.2, 0.25) is 0 Å². The molecule has 0 spiro atoms. The van der Waals surface area contributed by atoms with Gasteiger partial charge >= 0.3 is 0 Å². The molecule has 44 valence electrons. The summed E-state index contributed by atoms with van der Waals surface area (Å²) < 4.78 is 11.5. The molecule has 0 amide bonds. The molecule has 0 heterocycles. The lowest BCUT2D eigenvalue weighted by Gasteiger charge is -1.98. The van der Waals surface area contributed by atoms with E-state index in [0.29, 0.717) is 12.1 Å². The average molecular weight is 122 g/mol. The summed E-state index contributed by atoms with van der Waals surface area (Å²) in [6, 6.07) is 0. The molecule has 0 saturated heterocycles. The van der Waals surface area contributed by atoms with Gasteiger partial charge in [-0.2, -0.15) is 3.89 Å². The first-order valence-corrected chi connectivity index (χ1v) is 3.36. The second-order valence-corrected chi connectivity index (χ2v) is 2.67. The van der Waals surface area contributed by atoms with Crippen molar-refractivity contribution in [2.75, 3.05) is 0 Å². The monoisotopic (exact) mass is 122 g/mol. The molecule has 0 nitrogen and oxygen atoms in total. The zero-order valence-electron chi connectivity index (χ0n) is 4.78. The van der Waals surface area contributed by atoms with Crippen LogP contribution in [0.25, 0.3) is 0 Å². The summed E-state index contributed by atoms with van der Waals surface area (Å²) in [6.45, 7) is 3.96. The smallest absolute Gasteiger partial charge is 0.0474 e. The van der Waals surface area contributed by atoms with Crippen molar-refractivity contribution in [1.82, 2.24) is 0 Å². The second-order valence-electron chi connectivity index (χ2n) is 1.69. The predicted octanol–water partition coefficient (Wildman–Crippen LogP) is 2.79. The predicted molar refractivity (Wildman–Crippen MR) is 33.1 cm³/mol. The van der Waals surface area contributed by atoms with Crippen molar-refractivity contribution < 1.29 is 3.89 Å². The normalized spacial score (nSPS) is 14.1. The zero-order chi connectivity index (χ0) is 5.70. The number of rotatable bonds is 3. The van der Waals surface area contributed by atoms with Gasteiger partial charge in [0.15, 0.2) is 0 Å². The molecule has 7 heavy (non-hydrogen) atoms. The topological polar surface area (TPSA) is 0 Å². The van der Waals surface area contributed by atoms with E-state index in [-0.39, 0.29) is 5.25 Å². The van der Waals surface area contributed by atoms with E-state index in [2.05, 4.69) is 6.92 Å². The Morgan fingerprint density at radius 3 is 2.43 bits per heavy atom. The van der Waals surface area contributed by atoms with Crippen LogP contribution in [0.1, 0.15) is 26.7 Å². The fourth-order valence-electron chi connectivity index (χ4n) is 0.451. The van der Waals surface area contributed by atoms with Crippen molar-refractivity contribution in [3.63, 3.8) is 0 Å². The van der Waals surface area contributed by atoms with E-state index in [1.54, 1.807) is 0 Å². The SMILES string of the molecule is CCCC(C)SF. The van der Waals surface area contributed by atoms with Crippen LogP contribution in [0, 0.1) is 0 Å². The van der Waals surface area contributed by atoms with Crippen LogP contribution in [0.3, 0.4) is 0 Å². The molecule has 2 heteroatoms. The van der Waals surface area contributed by atoms with Gasteiger partial charge in [0.2, 0.25) is 0 Å². The minimum Gasteiger partial charge on any atom is -0.165 e. The molecule has 0 saturated carbocycles. The first-order chi connectivity index (χ1) is 3.31. The summed E-state index contributed by atoms with van der Waals surface area (Å²) in [5.74, 6) is 0. The summed E-state index contributed by atoms with van der Waals surface area (Å²) in [5.41, 5.74) is 0. The van der Waals surface area contributed by atoms with Gasteiger partial charge in [-0.3, -0.25) is 0 Å². The number of hydrogen-bond acceptors (Lipinski definition) is 1. The summed E-state index contributed by atoms with van der Waals surface area (Å²) in [6.07, 6.45) is 2.07. The lowest BCUT2D eigenvalue weighted by Crippen LogP contribution is -1.89. The molecule has 0 aliphatic rings. The highest BCUT2D eigenvalue weighted by Crippen LogP contribution is 2.15. The molecule has 1 atom stereocenters. The average Bonchev–Trinajstić information content (AvgIpc) is 1.68. The van der Waals surface area contributed by atoms with Crippen LogP contribution in [0.15, 0.2) is 0 Å². The van der Waals surface area contributed by atoms with Gasteiger partial charge in [-0.15, -0.1) is 0 Å². The van der Waals surface area contributed by atoms with E-state index in [4.69, 9.17) is 0 Å². The van der Waals surface area contributed by atoms with Crippen molar-refractivity contribution in [3.8, 4) is 0 Å². The highest BCUT2D eigenvalue weighted by Gasteiger charge is 1.97. The number of hydrogen-bond donors (Lipinski definition) is 0. The van der Waals surface area contributed by atoms with Gasteiger partial charge in [-0.1, -0.05) is 20.3 Å². The van der Waals surface area contributed by atoms with E-state index in [1.165, 1.54) is 0 Å². The standard InChI is InChI=1S/C5H11FS/c1-3-4-5(2)7-6/h5H,3-4H2,1-2H3. The molecule has 0 fully saturated rings. The number of halogens is 1. The molecule has 1 unspecified atom stereocenters. The van der Waals surface area contributed by atoms with Gasteiger partial charge in [0.1, 0.15) is 0 Å². The van der Waals surface area contributed by atoms with Gasteiger partial charge in [0.05, 0.1) is 0 Å². The van der Waals surface area contributed by atoms with Crippen molar-refractivity contribution in [2.24, 2.45) is 0 Å². The minimum atomic E-state index is 0.199. The molecule has 0 rings (SSSR count). The van der Waals surface area contributed by atoms with Crippen LogP contribution in [-0.4, -0.2) is 5.25 Å². The fourth-order valence-corrected chi connectivity index (χ4v) is 0.776. The summed E-state index contributed by atoms with van der Waals surface area (Å²) in [5, 5.41) is 0.199. The molecule has 0 radical (unpaired) electrons. The Labute approximate surface area is 48.8 Å². The third-order valence-electron chi connectivity index (χ3n) is 0.847. The van der Waals surface area contributed by atoms with Crippen LogP contribution >= 0.6 is 12.1 Å². The largest absolute Gasteiger partial charge is 0.165 e. The Morgan fingerprint density at radius 1 is 1.71 bits per heavy atom. The summed E-state index contributed by atoms with van der Waals surface area (Å²) in [7, 11) is 0. The Hall–Kier alpha value is 0.280. The maximum Gasteiger partial charge on any atom is 0.0474 e. The Balaban J connectivity index is 2.83. The Kier molecular flexibility index (Phi) is 4.62. The third-order valence-corrected chi connectivity index (χ3v) is 1.39. The first-order valence-electron chi connectivity index (χ1n) is 2.58. The quantitative estimate of drug-likeness (QED) is 0.554. The third kappa shape index (κ3) is 4.13. The van der Waals surface area contributed by atoms with Gasteiger partial charge < -0.3 is 0 Å². The molecular formula is C5H11FS. The molecule has 0 N–H and O–H groups in total. The van der Waals surface area contributed by atoms with Gasteiger partial charge in [-0.05, 0) is 6.42 Å². The molecule has 0 aromatic carbocycles. The van der Waals surface area contributed by atoms with Crippen molar-refractivity contribution in [3.05, 3.63) is 0 Å². The van der Waals surface area contributed by atoms with Crippen molar-refractivity contribution >= 4 is 12.1 Å². The van der Waals surface area contributed by atoms with Gasteiger partial charge in [0, 0.05) is 17.4 Å². The van der Waals surface area contributed by atoms with Gasteiger partial charge in [-0.25, -0.2) is 0 Å². The molecule has 0 aliphatic carbocycles. The van der Waals surface area contributed by atoms with Crippen molar-refractivity contribution in [2.45, 2.75) is 31.9 Å². The van der Waals surface area contributed by atoms with Crippen LogP contribution < -0.4 is 0 Å². The molecular weight excluding hydrogens is 111 g/mol. The summed E-state index contributed by atoms with van der Waals surface area (Å²) >= 11 is 0.449. The van der Waals surface area contributed by atoms with E-state index in [0.717, 1.165) is 12.8 Å².